The lowest BCUT2D eigenvalue weighted by Gasteiger charge is -2.23. The van der Waals surface area contributed by atoms with Gasteiger partial charge in [-0.1, -0.05) is 19.6 Å². The van der Waals surface area contributed by atoms with Crippen molar-refractivity contribution in [2.24, 2.45) is 0 Å². The highest BCUT2D eigenvalue weighted by molar-refractivity contribution is 6.74. The van der Waals surface area contributed by atoms with Crippen molar-refractivity contribution in [2.75, 3.05) is 0 Å². The number of carbonyl (C=O) groups excluding carboxylic acids is 2. The number of amides is 1. The van der Waals surface area contributed by atoms with Gasteiger partial charge in [0.2, 0.25) is 14.2 Å². The number of aromatic nitrogens is 2. The van der Waals surface area contributed by atoms with E-state index in [-0.39, 0.29) is 11.9 Å². The van der Waals surface area contributed by atoms with Gasteiger partial charge in [0.25, 0.3) is 0 Å². The van der Waals surface area contributed by atoms with Crippen LogP contribution in [0, 0.1) is 0 Å². The molecule has 0 fully saturated rings. The molecule has 1 rings (SSSR count). The van der Waals surface area contributed by atoms with Crippen LogP contribution in [0.3, 0.4) is 0 Å². The molecule has 1 atom stereocenters. The molecule has 0 saturated heterocycles. The summed E-state index contributed by atoms with van der Waals surface area (Å²) in [5.74, 6) is -0.626. The number of rotatable bonds is 6. The van der Waals surface area contributed by atoms with Gasteiger partial charge in [-0.25, -0.2) is 4.98 Å². The van der Waals surface area contributed by atoms with E-state index in [1.165, 1.54) is 6.92 Å². The van der Waals surface area contributed by atoms with Gasteiger partial charge in [-0.15, -0.1) is 0 Å². The molecule has 1 heterocycles. The summed E-state index contributed by atoms with van der Waals surface area (Å²) in [6, 6.07) is -0.686. The monoisotopic (exact) mass is 341 g/mol. The number of imidazole rings is 1. The number of carbonyl (C=O) groups is 2. The molecule has 0 spiro atoms. The first-order valence-corrected chi connectivity index (χ1v) is 14.3. The molecule has 1 amide bonds. The molecular formula is C14H27N3O3Si2. The minimum atomic E-state index is -2.00. The molecule has 1 aromatic rings. The van der Waals surface area contributed by atoms with Gasteiger partial charge in [-0.3, -0.25) is 9.59 Å². The number of hydrogen-bond donors (Lipinski definition) is 1. The molecule has 1 N–H and O–H groups in total. The van der Waals surface area contributed by atoms with Crippen molar-refractivity contribution in [3.05, 3.63) is 18.2 Å². The van der Waals surface area contributed by atoms with Crippen LogP contribution < -0.4 is 5.32 Å². The zero-order valence-electron chi connectivity index (χ0n) is 14.6. The second-order valence-corrected chi connectivity index (χ2v) is 16.7. The van der Waals surface area contributed by atoms with E-state index in [4.69, 9.17) is 4.43 Å². The molecule has 0 aliphatic rings. The Kier molecular flexibility index (Phi) is 5.74. The molecule has 8 heteroatoms. The Hall–Kier alpha value is -1.42. The highest BCUT2D eigenvalue weighted by atomic mass is 28.4. The fraction of sp³-hybridized carbons (Fsp3) is 0.643. The van der Waals surface area contributed by atoms with Crippen molar-refractivity contribution in [1.82, 2.24) is 14.5 Å². The maximum absolute atomic E-state index is 12.3. The average molecular weight is 342 g/mol. The van der Waals surface area contributed by atoms with E-state index in [1.807, 2.05) is 25.8 Å². The molecule has 0 aliphatic carbocycles. The second kappa shape index (κ2) is 6.78. The van der Waals surface area contributed by atoms with Gasteiger partial charge >= 0.3 is 5.97 Å². The lowest BCUT2D eigenvalue weighted by atomic mass is 10.1. The van der Waals surface area contributed by atoms with Crippen molar-refractivity contribution < 1.29 is 14.0 Å². The highest BCUT2D eigenvalue weighted by Gasteiger charge is 2.28. The van der Waals surface area contributed by atoms with Gasteiger partial charge in [0.05, 0.1) is 12.0 Å². The van der Waals surface area contributed by atoms with Crippen molar-refractivity contribution >= 4 is 28.4 Å². The van der Waals surface area contributed by atoms with Gasteiger partial charge in [-0.2, -0.15) is 0 Å². The smallest absolute Gasteiger partial charge is 0.315 e. The van der Waals surface area contributed by atoms with E-state index in [0.717, 1.165) is 5.69 Å². The van der Waals surface area contributed by atoms with Crippen LogP contribution in [-0.2, 0) is 20.4 Å². The average Bonchev–Trinajstić information content (AvgIpc) is 2.73. The predicted molar refractivity (Wildman–Crippen MR) is 91.7 cm³/mol. The maximum Gasteiger partial charge on any atom is 0.315 e. The van der Waals surface area contributed by atoms with Crippen LogP contribution in [0.15, 0.2) is 12.5 Å². The summed E-state index contributed by atoms with van der Waals surface area (Å²) in [6.45, 7) is 13.9. The minimum Gasteiger partial charge on any atom is -0.518 e. The zero-order valence-corrected chi connectivity index (χ0v) is 16.6. The van der Waals surface area contributed by atoms with Crippen molar-refractivity contribution in [3.63, 3.8) is 0 Å². The van der Waals surface area contributed by atoms with E-state index >= 15 is 0 Å². The topological polar surface area (TPSA) is 73.2 Å². The third-order valence-electron chi connectivity index (χ3n) is 2.89. The van der Waals surface area contributed by atoms with Crippen LogP contribution in [-0.4, -0.2) is 43.7 Å². The van der Waals surface area contributed by atoms with Crippen molar-refractivity contribution in [1.29, 1.82) is 0 Å². The fourth-order valence-electron chi connectivity index (χ4n) is 1.86. The van der Waals surface area contributed by atoms with Crippen LogP contribution in [0.1, 0.15) is 12.6 Å². The Labute approximate surface area is 134 Å². The first-order chi connectivity index (χ1) is 9.88. The van der Waals surface area contributed by atoms with Gasteiger partial charge in [0.1, 0.15) is 6.04 Å². The summed E-state index contributed by atoms with van der Waals surface area (Å²) in [5.41, 5.74) is 0.786. The lowest BCUT2D eigenvalue weighted by Crippen LogP contribution is -2.46. The molecule has 0 bridgehead atoms. The Morgan fingerprint density at radius 1 is 1.27 bits per heavy atom. The van der Waals surface area contributed by atoms with Gasteiger partial charge in [-0.05, 0) is 19.6 Å². The van der Waals surface area contributed by atoms with Crippen LogP contribution in [0.2, 0.25) is 39.3 Å². The Bertz CT molecular complexity index is 544. The number of nitrogens with one attached hydrogen (secondary N) is 1. The van der Waals surface area contributed by atoms with E-state index in [1.54, 1.807) is 6.33 Å². The summed E-state index contributed by atoms with van der Waals surface area (Å²) in [4.78, 5) is 28.0. The summed E-state index contributed by atoms with van der Waals surface area (Å²) in [7, 11) is -3.50. The van der Waals surface area contributed by atoms with Crippen LogP contribution in [0.25, 0.3) is 0 Å². The number of hydrogen-bond acceptors (Lipinski definition) is 4. The Balaban J connectivity index is 2.87. The normalized spacial score (nSPS) is 13.6. The van der Waals surface area contributed by atoms with E-state index in [2.05, 4.69) is 34.2 Å². The van der Waals surface area contributed by atoms with Crippen LogP contribution in [0.5, 0.6) is 0 Å². The summed E-state index contributed by atoms with van der Waals surface area (Å²) in [6.07, 6.45) is 4.11. The first kappa shape index (κ1) is 18.6. The van der Waals surface area contributed by atoms with Gasteiger partial charge < -0.3 is 14.0 Å². The SMILES string of the molecule is CC(=O)NC(Cc1cn([Si](C)(C)C)cn1)C(=O)O[Si](C)(C)C. The van der Waals surface area contributed by atoms with E-state index in [9.17, 15) is 9.59 Å². The second-order valence-electron chi connectivity index (χ2n) is 7.43. The molecule has 0 aromatic carbocycles. The zero-order chi connectivity index (χ0) is 17.1. The summed E-state index contributed by atoms with van der Waals surface area (Å²) >= 11 is 0. The molecule has 22 heavy (non-hydrogen) atoms. The largest absolute Gasteiger partial charge is 0.518 e. The molecule has 0 aliphatic heterocycles. The first-order valence-electron chi connectivity index (χ1n) is 7.42. The van der Waals surface area contributed by atoms with E-state index in [0.29, 0.717) is 6.42 Å². The van der Waals surface area contributed by atoms with Crippen LogP contribution >= 0.6 is 0 Å². The fourth-order valence-corrected chi connectivity index (χ4v) is 3.54. The summed E-state index contributed by atoms with van der Waals surface area (Å²) in [5, 5.41) is 2.67. The third kappa shape index (κ3) is 6.14. The molecule has 1 unspecified atom stereocenters. The lowest BCUT2D eigenvalue weighted by molar-refractivity contribution is -0.139. The minimum absolute atomic E-state index is 0.248. The molecule has 124 valence electrons. The molecule has 1 aromatic heterocycles. The standard InChI is InChI=1S/C14H27N3O3Si2/c1-11(18)16-13(14(19)20-22(5,6)7)8-12-9-17(10-15-12)21(2,3)4/h9-10,13H,8H2,1-7H3,(H,16,18). The number of nitrogens with zero attached hydrogens (tertiary/aromatic N) is 2. The highest BCUT2D eigenvalue weighted by Crippen LogP contribution is 2.11. The third-order valence-corrected chi connectivity index (χ3v) is 5.50. The quantitative estimate of drug-likeness (QED) is 0.803. The maximum atomic E-state index is 12.3. The molecule has 0 saturated carbocycles. The van der Waals surface area contributed by atoms with Gasteiger partial charge in [0, 0.05) is 19.5 Å². The van der Waals surface area contributed by atoms with Crippen molar-refractivity contribution in [3.8, 4) is 0 Å². The summed E-state index contributed by atoms with van der Waals surface area (Å²) < 4.78 is 7.63. The predicted octanol–water partition coefficient (Wildman–Crippen LogP) is 1.99. The Morgan fingerprint density at radius 3 is 2.27 bits per heavy atom. The molecule has 0 radical (unpaired) electrons. The van der Waals surface area contributed by atoms with Crippen LogP contribution in [0.4, 0.5) is 0 Å². The Morgan fingerprint density at radius 2 is 1.86 bits per heavy atom. The van der Waals surface area contributed by atoms with Crippen molar-refractivity contribution in [2.45, 2.75) is 58.7 Å². The van der Waals surface area contributed by atoms with Gasteiger partial charge in [0.15, 0.2) is 8.24 Å². The molecule has 6 nitrogen and oxygen atoms in total. The van der Waals surface area contributed by atoms with E-state index < -0.39 is 22.6 Å². The molecular weight excluding hydrogens is 314 g/mol.